The summed E-state index contributed by atoms with van der Waals surface area (Å²) in [6.45, 7) is 6.21. The number of hydrogen-bond donors (Lipinski definition) is 2. The van der Waals surface area contributed by atoms with E-state index in [1.54, 1.807) is 29.6 Å². The molecular formula is C29H26N6O2. The Morgan fingerprint density at radius 1 is 1.08 bits per heavy atom. The Kier molecular flexibility index (Phi) is 6.72. The van der Waals surface area contributed by atoms with Crippen LogP contribution in [-0.2, 0) is 11.2 Å². The average molecular weight is 491 g/mol. The van der Waals surface area contributed by atoms with E-state index in [0.717, 1.165) is 46.6 Å². The fourth-order valence-electron chi connectivity index (χ4n) is 4.33. The summed E-state index contributed by atoms with van der Waals surface area (Å²) in [6, 6.07) is 16.7. The Morgan fingerprint density at radius 3 is 2.78 bits per heavy atom. The van der Waals surface area contributed by atoms with Crippen LogP contribution in [0.15, 0.2) is 85.8 Å². The van der Waals surface area contributed by atoms with Crippen molar-refractivity contribution in [1.82, 2.24) is 15.0 Å². The molecule has 37 heavy (non-hydrogen) atoms. The normalized spacial score (nSPS) is 12.4. The number of benzene rings is 2. The summed E-state index contributed by atoms with van der Waals surface area (Å²) >= 11 is 0. The number of aromatic nitrogens is 3. The molecule has 0 saturated heterocycles. The van der Waals surface area contributed by atoms with Gasteiger partial charge < -0.3 is 15.5 Å². The molecule has 0 fully saturated rings. The van der Waals surface area contributed by atoms with E-state index < -0.39 is 0 Å². The molecule has 0 unspecified atom stereocenters. The van der Waals surface area contributed by atoms with Crippen molar-refractivity contribution in [2.24, 2.45) is 0 Å². The molecule has 0 aliphatic carbocycles. The first-order chi connectivity index (χ1) is 18.0. The first-order valence-electron chi connectivity index (χ1n) is 12.0. The van der Waals surface area contributed by atoms with Gasteiger partial charge in [0.05, 0.1) is 5.69 Å². The van der Waals surface area contributed by atoms with Gasteiger partial charge in [-0.3, -0.25) is 14.6 Å². The van der Waals surface area contributed by atoms with E-state index in [1.807, 2.05) is 55.5 Å². The first kappa shape index (κ1) is 23.9. The van der Waals surface area contributed by atoms with Crippen LogP contribution in [0, 0.1) is 6.92 Å². The van der Waals surface area contributed by atoms with Crippen LogP contribution in [0.5, 0.6) is 0 Å². The van der Waals surface area contributed by atoms with Crippen LogP contribution in [0.3, 0.4) is 0 Å². The van der Waals surface area contributed by atoms with E-state index >= 15 is 0 Å². The van der Waals surface area contributed by atoms with Gasteiger partial charge >= 0.3 is 0 Å². The molecule has 3 heterocycles. The van der Waals surface area contributed by atoms with E-state index in [0.29, 0.717) is 23.7 Å². The predicted molar refractivity (Wildman–Crippen MR) is 145 cm³/mol. The second-order valence-electron chi connectivity index (χ2n) is 8.76. The summed E-state index contributed by atoms with van der Waals surface area (Å²) in [5.41, 5.74) is 6.41. The van der Waals surface area contributed by atoms with Gasteiger partial charge in [0.25, 0.3) is 5.91 Å². The number of amides is 2. The smallest absolute Gasteiger partial charge is 0.255 e. The van der Waals surface area contributed by atoms with Crippen LogP contribution in [0.25, 0.3) is 11.3 Å². The van der Waals surface area contributed by atoms with Gasteiger partial charge in [-0.1, -0.05) is 12.6 Å². The van der Waals surface area contributed by atoms with Crippen LogP contribution >= 0.6 is 0 Å². The number of fused-ring (bicyclic) bond motifs is 1. The highest BCUT2D eigenvalue weighted by Gasteiger charge is 2.22. The Morgan fingerprint density at radius 2 is 1.97 bits per heavy atom. The molecule has 0 saturated carbocycles. The Hall–Kier alpha value is -4.85. The highest BCUT2D eigenvalue weighted by atomic mass is 16.2. The standard InChI is InChI=1S/C29H26N6O2/c1-3-27(36)35-15-5-7-20-16-21(9-11-26(20)35)28(37)32-23-10-8-19(2)25(17-23)34-29-31-14-12-24(33-29)22-6-4-13-30-18-22/h3-4,6,8-14,16-18H,1,5,7,15H2,2H3,(H,32,37)(H,31,33,34). The number of anilines is 4. The highest BCUT2D eigenvalue weighted by molar-refractivity contribution is 6.06. The molecule has 2 aromatic heterocycles. The van der Waals surface area contributed by atoms with Crippen molar-refractivity contribution >= 4 is 34.8 Å². The molecule has 0 spiro atoms. The minimum absolute atomic E-state index is 0.132. The summed E-state index contributed by atoms with van der Waals surface area (Å²) < 4.78 is 0. The molecular weight excluding hydrogens is 464 g/mol. The summed E-state index contributed by atoms with van der Waals surface area (Å²) in [7, 11) is 0. The molecule has 8 nitrogen and oxygen atoms in total. The summed E-state index contributed by atoms with van der Waals surface area (Å²) in [5, 5.41) is 6.23. The zero-order valence-electron chi connectivity index (χ0n) is 20.4. The maximum Gasteiger partial charge on any atom is 0.255 e. The third kappa shape index (κ3) is 5.23. The molecule has 2 amide bonds. The monoisotopic (exact) mass is 490 g/mol. The number of rotatable bonds is 6. The van der Waals surface area contributed by atoms with Crippen molar-refractivity contribution in [2.75, 3.05) is 22.1 Å². The van der Waals surface area contributed by atoms with E-state index in [1.165, 1.54) is 6.08 Å². The molecule has 1 aliphatic heterocycles. The van der Waals surface area contributed by atoms with E-state index in [9.17, 15) is 9.59 Å². The van der Waals surface area contributed by atoms with Crippen LogP contribution < -0.4 is 15.5 Å². The number of carbonyl (C=O) groups is 2. The van der Waals surface area contributed by atoms with Gasteiger partial charge in [-0.05, 0) is 85.5 Å². The number of nitrogens with one attached hydrogen (secondary N) is 2. The minimum Gasteiger partial charge on any atom is -0.324 e. The van der Waals surface area contributed by atoms with Gasteiger partial charge in [-0.25, -0.2) is 9.97 Å². The molecule has 0 radical (unpaired) electrons. The average Bonchev–Trinajstić information content (AvgIpc) is 2.94. The fraction of sp³-hybridized carbons (Fsp3) is 0.138. The number of aryl methyl sites for hydroxylation is 2. The molecule has 184 valence electrons. The van der Waals surface area contributed by atoms with Crippen LogP contribution in [-0.4, -0.2) is 33.3 Å². The lowest BCUT2D eigenvalue weighted by Crippen LogP contribution is -2.34. The van der Waals surface area contributed by atoms with E-state index in [-0.39, 0.29) is 11.8 Å². The lowest BCUT2D eigenvalue weighted by molar-refractivity contribution is -0.114. The second-order valence-corrected chi connectivity index (χ2v) is 8.76. The molecule has 4 aromatic rings. The van der Waals surface area contributed by atoms with Crippen LogP contribution in [0.1, 0.15) is 27.9 Å². The molecule has 0 bridgehead atoms. The fourth-order valence-corrected chi connectivity index (χ4v) is 4.33. The van der Waals surface area contributed by atoms with E-state index in [2.05, 4.69) is 32.2 Å². The van der Waals surface area contributed by atoms with Gasteiger partial charge in [0.2, 0.25) is 11.9 Å². The van der Waals surface area contributed by atoms with Gasteiger partial charge in [-0.2, -0.15) is 0 Å². The van der Waals surface area contributed by atoms with Crippen molar-refractivity contribution in [2.45, 2.75) is 19.8 Å². The maximum absolute atomic E-state index is 13.1. The number of hydrogen-bond acceptors (Lipinski definition) is 6. The lowest BCUT2D eigenvalue weighted by atomic mass is 9.98. The topological polar surface area (TPSA) is 100 Å². The van der Waals surface area contributed by atoms with Crippen LogP contribution in [0.2, 0.25) is 0 Å². The van der Waals surface area contributed by atoms with Gasteiger partial charge in [0, 0.05) is 53.3 Å². The Balaban J connectivity index is 1.33. The molecule has 2 aromatic carbocycles. The molecule has 2 N–H and O–H groups in total. The third-order valence-electron chi connectivity index (χ3n) is 6.26. The SMILES string of the molecule is C=CC(=O)N1CCCc2cc(C(=O)Nc3ccc(C)c(Nc4nccc(-c5cccnc5)n4)c3)ccc21. The largest absolute Gasteiger partial charge is 0.324 e. The molecule has 0 atom stereocenters. The highest BCUT2D eigenvalue weighted by Crippen LogP contribution is 2.29. The maximum atomic E-state index is 13.1. The van der Waals surface area contributed by atoms with Crippen molar-refractivity contribution in [1.29, 1.82) is 0 Å². The molecule has 5 rings (SSSR count). The quantitative estimate of drug-likeness (QED) is 0.356. The van der Waals surface area contributed by atoms with Crippen molar-refractivity contribution in [3.8, 4) is 11.3 Å². The van der Waals surface area contributed by atoms with Gasteiger partial charge in [0.15, 0.2) is 0 Å². The zero-order chi connectivity index (χ0) is 25.8. The van der Waals surface area contributed by atoms with Crippen LogP contribution in [0.4, 0.5) is 23.0 Å². The number of carbonyl (C=O) groups excluding carboxylic acids is 2. The number of pyridine rings is 1. The second kappa shape index (κ2) is 10.4. The van der Waals surface area contributed by atoms with Gasteiger partial charge in [0.1, 0.15) is 0 Å². The Bertz CT molecular complexity index is 1490. The lowest BCUT2D eigenvalue weighted by Gasteiger charge is -2.29. The van der Waals surface area contributed by atoms with Gasteiger partial charge in [-0.15, -0.1) is 0 Å². The van der Waals surface area contributed by atoms with Crippen molar-refractivity contribution < 1.29 is 9.59 Å². The van der Waals surface area contributed by atoms with Crippen molar-refractivity contribution in [3.63, 3.8) is 0 Å². The molecule has 1 aliphatic rings. The third-order valence-corrected chi connectivity index (χ3v) is 6.26. The van der Waals surface area contributed by atoms with E-state index in [4.69, 9.17) is 0 Å². The Labute approximate surface area is 215 Å². The summed E-state index contributed by atoms with van der Waals surface area (Å²) in [6.07, 6.45) is 8.14. The summed E-state index contributed by atoms with van der Waals surface area (Å²) in [5.74, 6) is 0.0913. The first-order valence-corrected chi connectivity index (χ1v) is 12.0. The molecule has 8 heteroatoms. The number of nitrogens with zero attached hydrogens (tertiary/aromatic N) is 4. The minimum atomic E-state index is -0.223. The predicted octanol–water partition coefficient (Wildman–Crippen LogP) is 5.31. The zero-order valence-corrected chi connectivity index (χ0v) is 20.4. The van der Waals surface area contributed by atoms with Crippen molar-refractivity contribution in [3.05, 3.63) is 103 Å². The summed E-state index contributed by atoms with van der Waals surface area (Å²) in [4.78, 5) is 40.0.